The van der Waals surface area contributed by atoms with Crippen LogP contribution < -0.4 is 19.1 Å². The summed E-state index contributed by atoms with van der Waals surface area (Å²) in [4.78, 5) is 27.3. The van der Waals surface area contributed by atoms with Gasteiger partial charge in [0.25, 0.3) is 5.91 Å². The molecule has 0 aromatic heterocycles. The number of rotatable bonds is 5. The highest BCUT2D eigenvalue weighted by atomic mass is 16.7. The Kier molecular flexibility index (Phi) is 5.18. The van der Waals surface area contributed by atoms with E-state index in [4.69, 9.17) is 18.9 Å². The molecular formula is C23H21NO6. The van der Waals surface area contributed by atoms with E-state index in [9.17, 15) is 9.59 Å². The van der Waals surface area contributed by atoms with Gasteiger partial charge >= 0.3 is 5.97 Å². The maximum absolute atomic E-state index is 13.3. The number of carbonyl (C=O) groups excluding carboxylic acids is 2. The van der Waals surface area contributed by atoms with Crippen molar-refractivity contribution in [3.05, 3.63) is 64.9 Å². The van der Waals surface area contributed by atoms with Gasteiger partial charge in [-0.3, -0.25) is 9.69 Å². The van der Waals surface area contributed by atoms with Crippen LogP contribution in [0, 0.1) is 0 Å². The molecule has 1 amide bonds. The third kappa shape index (κ3) is 3.39. The molecule has 2 aromatic rings. The first kappa shape index (κ1) is 19.6. The molecule has 0 bridgehead atoms. The van der Waals surface area contributed by atoms with Gasteiger partial charge in [-0.15, -0.1) is 0 Å². The van der Waals surface area contributed by atoms with Crippen molar-refractivity contribution in [2.24, 2.45) is 0 Å². The molecule has 7 nitrogen and oxygen atoms in total. The number of ether oxygens (including phenoxy) is 4. The van der Waals surface area contributed by atoms with E-state index in [1.807, 2.05) is 6.92 Å². The van der Waals surface area contributed by atoms with Crippen LogP contribution in [0.1, 0.15) is 19.4 Å². The molecule has 154 valence electrons. The lowest BCUT2D eigenvalue weighted by atomic mass is 10.0. The lowest BCUT2D eigenvalue weighted by molar-refractivity contribution is -0.136. The van der Waals surface area contributed by atoms with E-state index < -0.39 is 5.97 Å². The quantitative estimate of drug-likeness (QED) is 0.556. The highest BCUT2D eigenvalue weighted by Gasteiger charge is 2.38. The van der Waals surface area contributed by atoms with Gasteiger partial charge in [0, 0.05) is 11.4 Å². The van der Waals surface area contributed by atoms with Crippen LogP contribution in [0.15, 0.2) is 59.3 Å². The van der Waals surface area contributed by atoms with Crippen molar-refractivity contribution in [3.8, 4) is 17.2 Å². The van der Waals surface area contributed by atoms with Gasteiger partial charge in [0.2, 0.25) is 6.79 Å². The van der Waals surface area contributed by atoms with E-state index in [2.05, 4.69) is 0 Å². The van der Waals surface area contributed by atoms with Crippen LogP contribution in [-0.4, -0.2) is 32.4 Å². The molecule has 2 aliphatic rings. The Morgan fingerprint density at radius 3 is 2.57 bits per heavy atom. The molecule has 0 spiro atoms. The van der Waals surface area contributed by atoms with E-state index in [0.29, 0.717) is 40.8 Å². The average molecular weight is 407 g/mol. The van der Waals surface area contributed by atoms with Crippen molar-refractivity contribution in [1.82, 2.24) is 0 Å². The molecule has 0 unspecified atom stereocenters. The van der Waals surface area contributed by atoms with Gasteiger partial charge in [0.05, 0.1) is 24.9 Å². The van der Waals surface area contributed by atoms with Crippen LogP contribution in [0.25, 0.3) is 6.08 Å². The monoisotopic (exact) mass is 407 g/mol. The second-order valence-corrected chi connectivity index (χ2v) is 6.69. The molecule has 0 saturated carbocycles. The van der Waals surface area contributed by atoms with Gasteiger partial charge in [-0.05, 0) is 61.9 Å². The summed E-state index contributed by atoms with van der Waals surface area (Å²) in [6.07, 6.45) is 1.66. The molecule has 0 saturated heterocycles. The molecule has 2 aromatic carbocycles. The minimum Gasteiger partial charge on any atom is -0.494 e. The number of benzene rings is 2. The fraction of sp³-hybridized carbons (Fsp3) is 0.217. The Balaban J connectivity index is 1.75. The smallest absolute Gasteiger partial charge is 0.340 e. The van der Waals surface area contributed by atoms with Crippen LogP contribution in [0.4, 0.5) is 5.69 Å². The summed E-state index contributed by atoms with van der Waals surface area (Å²) in [6, 6.07) is 12.5. The van der Waals surface area contributed by atoms with Gasteiger partial charge in [0.15, 0.2) is 11.5 Å². The highest BCUT2D eigenvalue weighted by Crippen LogP contribution is 2.38. The van der Waals surface area contributed by atoms with Crippen molar-refractivity contribution in [3.63, 3.8) is 0 Å². The second kappa shape index (κ2) is 7.94. The average Bonchev–Trinajstić information content (AvgIpc) is 3.31. The molecule has 2 heterocycles. The fourth-order valence-electron chi connectivity index (χ4n) is 3.52. The predicted octanol–water partition coefficient (Wildman–Crippen LogP) is 3.69. The van der Waals surface area contributed by atoms with Gasteiger partial charge < -0.3 is 18.9 Å². The fourth-order valence-corrected chi connectivity index (χ4v) is 3.52. The first-order chi connectivity index (χ1) is 14.5. The molecule has 2 aliphatic heterocycles. The number of carbonyl (C=O) groups is 2. The highest BCUT2D eigenvalue weighted by molar-refractivity contribution is 6.23. The van der Waals surface area contributed by atoms with Crippen LogP contribution in [0.3, 0.4) is 0 Å². The van der Waals surface area contributed by atoms with Crippen LogP contribution in [-0.2, 0) is 14.3 Å². The van der Waals surface area contributed by atoms with Gasteiger partial charge in [-0.2, -0.15) is 0 Å². The molecule has 7 heteroatoms. The number of hydrogen-bond acceptors (Lipinski definition) is 6. The molecule has 0 fully saturated rings. The third-order valence-corrected chi connectivity index (χ3v) is 4.90. The van der Waals surface area contributed by atoms with Crippen molar-refractivity contribution in [1.29, 1.82) is 0 Å². The molecule has 0 aliphatic carbocycles. The summed E-state index contributed by atoms with van der Waals surface area (Å²) >= 11 is 0. The second-order valence-electron chi connectivity index (χ2n) is 6.69. The summed E-state index contributed by atoms with van der Waals surface area (Å²) in [5, 5.41) is 0. The van der Waals surface area contributed by atoms with Crippen molar-refractivity contribution < 1.29 is 28.5 Å². The summed E-state index contributed by atoms with van der Waals surface area (Å²) in [6.45, 7) is 4.34. The van der Waals surface area contributed by atoms with Crippen molar-refractivity contribution >= 4 is 23.6 Å². The summed E-state index contributed by atoms with van der Waals surface area (Å²) < 4.78 is 21.2. The van der Waals surface area contributed by atoms with Gasteiger partial charge in [-0.25, -0.2) is 4.79 Å². The zero-order valence-corrected chi connectivity index (χ0v) is 16.9. The molecular weight excluding hydrogens is 386 g/mol. The lowest BCUT2D eigenvalue weighted by Crippen LogP contribution is -2.24. The van der Waals surface area contributed by atoms with E-state index >= 15 is 0 Å². The normalized spacial score (nSPS) is 16.4. The van der Waals surface area contributed by atoms with Crippen LogP contribution in [0.2, 0.25) is 0 Å². The molecule has 0 atom stereocenters. The Hall–Kier alpha value is -3.74. The predicted molar refractivity (Wildman–Crippen MR) is 110 cm³/mol. The van der Waals surface area contributed by atoms with Crippen molar-refractivity contribution in [2.45, 2.75) is 13.8 Å². The zero-order chi connectivity index (χ0) is 21.3. The number of allylic oxidation sites excluding steroid dienone is 1. The van der Waals surface area contributed by atoms with E-state index in [1.54, 1.807) is 55.5 Å². The first-order valence-electron chi connectivity index (χ1n) is 9.51. The SMILES string of the molecule is CCOc1ccc(N2C(=O)/C(=C\c3ccc4c(c3)OCO4)C(C(=O)OC)=C2C)cc1. The van der Waals surface area contributed by atoms with Gasteiger partial charge in [0.1, 0.15) is 5.75 Å². The number of hydrogen-bond donors (Lipinski definition) is 0. The number of methoxy groups -OCH3 is 1. The van der Waals surface area contributed by atoms with E-state index in [0.717, 1.165) is 0 Å². The zero-order valence-electron chi connectivity index (χ0n) is 16.9. The summed E-state index contributed by atoms with van der Waals surface area (Å²) in [5.74, 6) is 1.07. The molecule has 0 radical (unpaired) electrons. The van der Waals surface area contributed by atoms with Crippen LogP contribution >= 0.6 is 0 Å². The topological polar surface area (TPSA) is 74.3 Å². The van der Waals surface area contributed by atoms with E-state index in [-0.39, 0.29) is 23.8 Å². The van der Waals surface area contributed by atoms with Crippen LogP contribution in [0.5, 0.6) is 17.2 Å². The van der Waals surface area contributed by atoms with Gasteiger partial charge in [-0.1, -0.05) is 6.07 Å². The maximum atomic E-state index is 13.3. The minimum atomic E-state index is -0.568. The number of fused-ring (bicyclic) bond motifs is 1. The maximum Gasteiger partial charge on any atom is 0.340 e. The van der Waals surface area contributed by atoms with E-state index in [1.165, 1.54) is 12.0 Å². The summed E-state index contributed by atoms with van der Waals surface area (Å²) in [7, 11) is 1.30. The minimum absolute atomic E-state index is 0.159. The summed E-state index contributed by atoms with van der Waals surface area (Å²) in [5.41, 5.74) is 2.34. The Labute approximate surface area is 174 Å². The Morgan fingerprint density at radius 1 is 1.13 bits per heavy atom. The number of anilines is 1. The number of amides is 1. The molecule has 4 rings (SSSR count). The standard InChI is InChI=1S/C23H21NO6/c1-4-28-17-8-6-16(7-9-17)24-14(2)21(23(26)27-3)18(22(24)25)11-15-5-10-19-20(12-15)30-13-29-19/h5-12H,4,13H2,1-3H3/b18-11-. The molecule has 30 heavy (non-hydrogen) atoms. The molecule has 0 N–H and O–H groups in total. The number of esters is 1. The Morgan fingerprint density at radius 2 is 1.87 bits per heavy atom. The largest absolute Gasteiger partial charge is 0.494 e. The van der Waals surface area contributed by atoms with Crippen molar-refractivity contribution in [2.75, 3.05) is 25.4 Å². The third-order valence-electron chi connectivity index (χ3n) is 4.90. The number of nitrogens with zero attached hydrogens (tertiary/aromatic N) is 1. The lowest BCUT2D eigenvalue weighted by Gasteiger charge is -2.18. The Bertz CT molecular complexity index is 1070. The first-order valence-corrected chi connectivity index (χ1v) is 9.51.